The Morgan fingerprint density at radius 3 is 2.55 bits per heavy atom. The summed E-state index contributed by atoms with van der Waals surface area (Å²) in [5, 5.41) is 8.95. The molecule has 20 heavy (non-hydrogen) atoms. The number of rotatable bonds is 6. The zero-order chi connectivity index (χ0) is 14.7. The molecule has 2 fully saturated rings. The summed E-state index contributed by atoms with van der Waals surface area (Å²) >= 11 is 0. The summed E-state index contributed by atoms with van der Waals surface area (Å²) in [7, 11) is 0. The second-order valence-electron chi connectivity index (χ2n) is 5.62. The zero-order valence-corrected chi connectivity index (χ0v) is 11.9. The molecule has 2 rings (SSSR count). The van der Waals surface area contributed by atoms with Gasteiger partial charge in [-0.1, -0.05) is 19.8 Å². The standard InChI is InChI=1S/C14H22N2O4/c1-2-7-15(9-13(18)19)11-8-12(17)16(14(11)20)10-5-3-4-6-10/h10-11H,2-9H2,1H3,(H,18,19). The van der Waals surface area contributed by atoms with E-state index in [2.05, 4.69) is 0 Å². The molecule has 6 nitrogen and oxygen atoms in total. The van der Waals surface area contributed by atoms with Gasteiger partial charge < -0.3 is 5.11 Å². The summed E-state index contributed by atoms with van der Waals surface area (Å²) in [5.41, 5.74) is 0. The van der Waals surface area contributed by atoms with Crippen LogP contribution in [0.5, 0.6) is 0 Å². The van der Waals surface area contributed by atoms with Gasteiger partial charge in [-0.2, -0.15) is 0 Å². The molecule has 0 bridgehead atoms. The van der Waals surface area contributed by atoms with E-state index in [1.165, 1.54) is 4.90 Å². The maximum Gasteiger partial charge on any atom is 0.317 e. The molecule has 1 unspecified atom stereocenters. The van der Waals surface area contributed by atoms with Crippen LogP contribution in [0, 0.1) is 0 Å². The van der Waals surface area contributed by atoms with Gasteiger partial charge in [0.1, 0.15) is 0 Å². The van der Waals surface area contributed by atoms with Gasteiger partial charge in [0.05, 0.1) is 19.0 Å². The Bertz CT molecular complexity index is 404. The molecule has 1 atom stereocenters. The van der Waals surface area contributed by atoms with Crippen molar-refractivity contribution in [2.24, 2.45) is 0 Å². The van der Waals surface area contributed by atoms with Gasteiger partial charge in [-0.3, -0.25) is 24.2 Å². The van der Waals surface area contributed by atoms with Crippen LogP contribution in [-0.4, -0.2) is 57.9 Å². The molecule has 2 amide bonds. The van der Waals surface area contributed by atoms with Gasteiger partial charge in [0.15, 0.2) is 0 Å². The van der Waals surface area contributed by atoms with E-state index in [1.54, 1.807) is 4.90 Å². The molecule has 1 N–H and O–H groups in total. The predicted molar refractivity (Wildman–Crippen MR) is 72.0 cm³/mol. The number of carbonyl (C=O) groups excluding carboxylic acids is 2. The second kappa shape index (κ2) is 6.35. The summed E-state index contributed by atoms with van der Waals surface area (Å²) in [4.78, 5) is 38.5. The third-order valence-corrected chi connectivity index (χ3v) is 4.14. The summed E-state index contributed by atoms with van der Waals surface area (Å²) in [6, 6.07) is -0.549. The van der Waals surface area contributed by atoms with Crippen LogP contribution in [0.1, 0.15) is 45.4 Å². The van der Waals surface area contributed by atoms with E-state index in [9.17, 15) is 14.4 Å². The number of amides is 2. The van der Waals surface area contributed by atoms with Crippen LogP contribution >= 0.6 is 0 Å². The molecular weight excluding hydrogens is 260 g/mol. The van der Waals surface area contributed by atoms with Crippen molar-refractivity contribution in [3.8, 4) is 0 Å². The van der Waals surface area contributed by atoms with E-state index < -0.39 is 12.0 Å². The van der Waals surface area contributed by atoms with Crippen molar-refractivity contribution in [3.05, 3.63) is 0 Å². The van der Waals surface area contributed by atoms with E-state index in [0.29, 0.717) is 6.54 Å². The molecule has 0 aromatic carbocycles. The molecule has 2 aliphatic rings. The number of carboxylic acids is 1. The lowest BCUT2D eigenvalue weighted by Gasteiger charge is -2.27. The van der Waals surface area contributed by atoms with E-state index in [-0.39, 0.29) is 30.8 Å². The van der Waals surface area contributed by atoms with Crippen molar-refractivity contribution in [1.82, 2.24) is 9.80 Å². The van der Waals surface area contributed by atoms with Crippen molar-refractivity contribution in [2.75, 3.05) is 13.1 Å². The molecule has 0 spiro atoms. The molecule has 112 valence electrons. The number of nitrogens with zero attached hydrogens (tertiary/aromatic N) is 2. The monoisotopic (exact) mass is 282 g/mol. The van der Waals surface area contributed by atoms with Crippen molar-refractivity contribution in [2.45, 2.75) is 57.5 Å². The molecule has 0 aromatic rings. The number of hydrogen-bond donors (Lipinski definition) is 1. The van der Waals surface area contributed by atoms with E-state index in [4.69, 9.17) is 5.11 Å². The van der Waals surface area contributed by atoms with Crippen LogP contribution in [0.25, 0.3) is 0 Å². The molecule has 1 saturated heterocycles. The first kappa shape index (κ1) is 15.0. The van der Waals surface area contributed by atoms with E-state index in [0.717, 1.165) is 32.1 Å². The minimum atomic E-state index is -0.960. The van der Waals surface area contributed by atoms with Crippen LogP contribution in [0.4, 0.5) is 0 Å². The highest BCUT2D eigenvalue weighted by Crippen LogP contribution is 2.29. The van der Waals surface area contributed by atoms with Crippen LogP contribution in [0.3, 0.4) is 0 Å². The predicted octanol–water partition coefficient (Wildman–Crippen LogP) is 0.853. The molecule has 1 heterocycles. The van der Waals surface area contributed by atoms with Gasteiger partial charge in [0.2, 0.25) is 11.8 Å². The Balaban J connectivity index is 2.10. The van der Waals surface area contributed by atoms with Gasteiger partial charge in [-0.25, -0.2) is 0 Å². The van der Waals surface area contributed by atoms with Gasteiger partial charge in [-0.05, 0) is 25.8 Å². The first-order valence-corrected chi connectivity index (χ1v) is 7.36. The van der Waals surface area contributed by atoms with E-state index in [1.807, 2.05) is 6.92 Å². The van der Waals surface area contributed by atoms with E-state index >= 15 is 0 Å². The van der Waals surface area contributed by atoms with Crippen molar-refractivity contribution in [3.63, 3.8) is 0 Å². The smallest absolute Gasteiger partial charge is 0.317 e. The van der Waals surface area contributed by atoms with Crippen molar-refractivity contribution < 1.29 is 19.5 Å². The van der Waals surface area contributed by atoms with Gasteiger partial charge in [0, 0.05) is 6.04 Å². The van der Waals surface area contributed by atoms with Gasteiger partial charge >= 0.3 is 5.97 Å². The topological polar surface area (TPSA) is 77.9 Å². The zero-order valence-electron chi connectivity index (χ0n) is 11.9. The van der Waals surface area contributed by atoms with Gasteiger partial charge in [0.25, 0.3) is 0 Å². The summed E-state index contributed by atoms with van der Waals surface area (Å²) in [5.74, 6) is -1.30. The minimum Gasteiger partial charge on any atom is -0.480 e. The van der Waals surface area contributed by atoms with Crippen LogP contribution < -0.4 is 0 Å². The molecule has 6 heteroatoms. The number of carbonyl (C=O) groups is 3. The van der Waals surface area contributed by atoms with Crippen molar-refractivity contribution in [1.29, 1.82) is 0 Å². The molecular formula is C14H22N2O4. The van der Waals surface area contributed by atoms with Gasteiger partial charge in [-0.15, -0.1) is 0 Å². The lowest BCUT2D eigenvalue weighted by atomic mass is 10.2. The summed E-state index contributed by atoms with van der Waals surface area (Å²) in [6.07, 6.45) is 4.77. The average molecular weight is 282 g/mol. The quantitative estimate of drug-likeness (QED) is 0.731. The first-order chi connectivity index (χ1) is 9.54. The fraction of sp³-hybridized carbons (Fsp3) is 0.786. The van der Waals surface area contributed by atoms with Crippen LogP contribution in [0.2, 0.25) is 0 Å². The Morgan fingerprint density at radius 1 is 1.35 bits per heavy atom. The normalized spacial score (nSPS) is 24.1. The maximum absolute atomic E-state index is 12.5. The van der Waals surface area contributed by atoms with Crippen LogP contribution in [0.15, 0.2) is 0 Å². The molecule has 0 radical (unpaired) electrons. The molecule has 1 aliphatic carbocycles. The lowest BCUT2D eigenvalue weighted by Crippen LogP contribution is -2.46. The fourth-order valence-electron chi connectivity index (χ4n) is 3.27. The summed E-state index contributed by atoms with van der Waals surface area (Å²) < 4.78 is 0. The lowest BCUT2D eigenvalue weighted by molar-refractivity contribution is -0.143. The third-order valence-electron chi connectivity index (χ3n) is 4.14. The highest BCUT2D eigenvalue weighted by atomic mass is 16.4. The summed E-state index contributed by atoms with van der Waals surface area (Å²) in [6.45, 7) is 2.27. The van der Waals surface area contributed by atoms with Crippen LogP contribution in [-0.2, 0) is 14.4 Å². The average Bonchev–Trinajstić information content (AvgIpc) is 2.96. The Hall–Kier alpha value is -1.43. The largest absolute Gasteiger partial charge is 0.480 e. The molecule has 1 aliphatic heterocycles. The minimum absolute atomic E-state index is 0.0355. The highest BCUT2D eigenvalue weighted by molar-refractivity contribution is 6.06. The number of aliphatic carboxylic acids is 1. The number of carboxylic acid groups (broad SMARTS) is 1. The molecule has 1 saturated carbocycles. The Labute approximate surface area is 118 Å². The third kappa shape index (κ3) is 3.00. The first-order valence-electron chi connectivity index (χ1n) is 7.36. The SMILES string of the molecule is CCCN(CC(=O)O)C1CC(=O)N(C2CCCC2)C1=O. The fourth-order valence-corrected chi connectivity index (χ4v) is 3.27. The maximum atomic E-state index is 12.5. The number of hydrogen-bond acceptors (Lipinski definition) is 4. The number of imide groups is 1. The number of likely N-dealkylation sites (tertiary alicyclic amines) is 1. The van der Waals surface area contributed by atoms with Crippen molar-refractivity contribution >= 4 is 17.8 Å². The second-order valence-corrected chi connectivity index (χ2v) is 5.62. The Morgan fingerprint density at radius 2 is 2.00 bits per heavy atom. The highest BCUT2D eigenvalue weighted by Gasteiger charge is 2.45. The molecule has 0 aromatic heterocycles. The Kier molecular flexibility index (Phi) is 4.75.